The molecule has 94 valence electrons. The van der Waals surface area contributed by atoms with Crippen molar-refractivity contribution in [1.29, 1.82) is 0 Å². The summed E-state index contributed by atoms with van der Waals surface area (Å²) in [5.74, 6) is -0.0662. The number of nitrogens with zero attached hydrogens (tertiary/aromatic N) is 1. The van der Waals surface area contributed by atoms with Crippen molar-refractivity contribution in [3.63, 3.8) is 0 Å². The molecule has 0 aliphatic heterocycles. The first-order valence-corrected chi connectivity index (χ1v) is 5.74. The zero-order valence-electron chi connectivity index (χ0n) is 10.2. The Morgan fingerprint density at radius 3 is 2.61 bits per heavy atom. The molecule has 0 bridgehead atoms. The molecular formula is C14H15FN2O. The maximum atomic E-state index is 13.7. The van der Waals surface area contributed by atoms with Crippen LogP contribution in [0.5, 0.6) is 5.75 Å². The third kappa shape index (κ3) is 3.28. The van der Waals surface area contributed by atoms with Crippen molar-refractivity contribution in [2.45, 2.75) is 13.2 Å². The van der Waals surface area contributed by atoms with Crippen molar-refractivity contribution in [2.75, 3.05) is 7.05 Å². The second-order valence-corrected chi connectivity index (χ2v) is 3.94. The lowest BCUT2D eigenvalue weighted by Gasteiger charge is -2.08. The summed E-state index contributed by atoms with van der Waals surface area (Å²) in [6, 6.07) is 8.67. The lowest BCUT2D eigenvalue weighted by Crippen LogP contribution is -2.05. The second kappa shape index (κ2) is 6.12. The van der Waals surface area contributed by atoms with Gasteiger partial charge < -0.3 is 10.1 Å². The molecule has 0 spiro atoms. The molecule has 0 saturated heterocycles. The summed E-state index contributed by atoms with van der Waals surface area (Å²) >= 11 is 0. The van der Waals surface area contributed by atoms with E-state index < -0.39 is 0 Å². The summed E-state index contributed by atoms with van der Waals surface area (Å²) in [4.78, 5) is 3.91. The molecule has 1 aromatic heterocycles. The molecule has 1 aromatic carbocycles. The molecule has 0 atom stereocenters. The van der Waals surface area contributed by atoms with Gasteiger partial charge in [0.25, 0.3) is 0 Å². The summed E-state index contributed by atoms with van der Waals surface area (Å²) in [7, 11) is 1.83. The van der Waals surface area contributed by atoms with Gasteiger partial charge in [0.05, 0.1) is 0 Å². The highest BCUT2D eigenvalue weighted by molar-refractivity contribution is 5.29. The average Bonchev–Trinajstić information content (AvgIpc) is 2.39. The van der Waals surface area contributed by atoms with Crippen molar-refractivity contribution in [3.05, 3.63) is 59.7 Å². The molecule has 0 amide bonds. The minimum absolute atomic E-state index is 0.270. The van der Waals surface area contributed by atoms with E-state index in [0.717, 1.165) is 11.1 Å². The largest absolute Gasteiger partial charge is 0.486 e. The van der Waals surface area contributed by atoms with Crippen LogP contribution in [-0.4, -0.2) is 12.0 Å². The molecule has 0 aliphatic carbocycles. The molecule has 0 aliphatic rings. The number of hydrogen-bond acceptors (Lipinski definition) is 3. The van der Waals surface area contributed by atoms with Crippen molar-refractivity contribution >= 4 is 0 Å². The second-order valence-electron chi connectivity index (χ2n) is 3.94. The zero-order valence-corrected chi connectivity index (χ0v) is 10.2. The fourth-order valence-corrected chi connectivity index (χ4v) is 1.62. The van der Waals surface area contributed by atoms with E-state index in [4.69, 9.17) is 4.74 Å². The van der Waals surface area contributed by atoms with E-state index in [-0.39, 0.29) is 11.6 Å². The van der Waals surface area contributed by atoms with Gasteiger partial charge in [-0.15, -0.1) is 0 Å². The standard InChI is InChI=1S/C14H15FN2O/c1-16-9-12-2-3-14(13(15)8-12)18-10-11-4-6-17-7-5-11/h2-8,16H,9-10H2,1H3. The maximum absolute atomic E-state index is 13.7. The number of halogens is 1. The molecule has 0 fully saturated rings. The number of rotatable bonds is 5. The highest BCUT2D eigenvalue weighted by atomic mass is 19.1. The molecular weight excluding hydrogens is 231 g/mol. The molecule has 0 saturated carbocycles. The van der Waals surface area contributed by atoms with Crippen LogP contribution in [0.15, 0.2) is 42.7 Å². The SMILES string of the molecule is CNCc1ccc(OCc2ccncc2)c(F)c1. The van der Waals surface area contributed by atoms with Crippen LogP contribution in [0.1, 0.15) is 11.1 Å². The molecule has 0 unspecified atom stereocenters. The number of ether oxygens (including phenoxy) is 1. The summed E-state index contributed by atoms with van der Waals surface area (Å²) in [6.07, 6.45) is 3.37. The topological polar surface area (TPSA) is 34.1 Å². The normalized spacial score (nSPS) is 10.3. The summed E-state index contributed by atoms with van der Waals surface area (Å²) in [5.41, 5.74) is 1.86. The number of nitrogens with one attached hydrogen (secondary N) is 1. The van der Waals surface area contributed by atoms with Crippen LogP contribution in [0, 0.1) is 5.82 Å². The van der Waals surface area contributed by atoms with Gasteiger partial charge in [-0.1, -0.05) is 6.07 Å². The lowest BCUT2D eigenvalue weighted by molar-refractivity contribution is 0.290. The number of aromatic nitrogens is 1. The summed E-state index contributed by atoms with van der Waals surface area (Å²) in [5, 5.41) is 2.97. The predicted octanol–water partition coefficient (Wildman–Crippen LogP) is 2.52. The zero-order chi connectivity index (χ0) is 12.8. The van der Waals surface area contributed by atoms with Crippen molar-refractivity contribution in [2.24, 2.45) is 0 Å². The molecule has 1 heterocycles. The van der Waals surface area contributed by atoms with Crippen LogP contribution in [0.4, 0.5) is 4.39 Å². The van der Waals surface area contributed by atoms with Gasteiger partial charge in [-0.2, -0.15) is 0 Å². The quantitative estimate of drug-likeness (QED) is 0.880. The van der Waals surface area contributed by atoms with E-state index in [1.165, 1.54) is 6.07 Å². The third-order valence-electron chi connectivity index (χ3n) is 2.52. The first-order chi connectivity index (χ1) is 8.79. The predicted molar refractivity (Wildman–Crippen MR) is 67.7 cm³/mol. The van der Waals surface area contributed by atoms with Crippen LogP contribution in [0.25, 0.3) is 0 Å². The van der Waals surface area contributed by atoms with Crippen LogP contribution in [0.2, 0.25) is 0 Å². The van der Waals surface area contributed by atoms with Crippen molar-refractivity contribution < 1.29 is 9.13 Å². The first kappa shape index (κ1) is 12.5. The van der Waals surface area contributed by atoms with Crippen LogP contribution in [-0.2, 0) is 13.2 Å². The van der Waals surface area contributed by atoms with Crippen LogP contribution in [0.3, 0.4) is 0 Å². The minimum atomic E-state index is -0.336. The van der Waals surface area contributed by atoms with Crippen LogP contribution >= 0.6 is 0 Å². The molecule has 18 heavy (non-hydrogen) atoms. The van der Waals surface area contributed by atoms with Crippen molar-refractivity contribution in [1.82, 2.24) is 10.3 Å². The van der Waals surface area contributed by atoms with Gasteiger partial charge >= 0.3 is 0 Å². The minimum Gasteiger partial charge on any atom is -0.486 e. The monoisotopic (exact) mass is 246 g/mol. The molecule has 2 rings (SSSR count). The molecule has 1 N–H and O–H groups in total. The fraction of sp³-hybridized carbons (Fsp3) is 0.214. The summed E-state index contributed by atoms with van der Waals surface area (Å²) < 4.78 is 19.1. The number of hydrogen-bond donors (Lipinski definition) is 1. The van der Waals surface area contributed by atoms with Crippen molar-refractivity contribution in [3.8, 4) is 5.75 Å². The van der Waals surface area contributed by atoms with Gasteiger partial charge in [-0.25, -0.2) is 4.39 Å². The van der Waals surface area contributed by atoms with Gasteiger partial charge in [-0.05, 0) is 42.4 Å². The maximum Gasteiger partial charge on any atom is 0.165 e. The van der Waals surface area contributed by atoms with Gasteiger partial charge in [-0.3, -0.25) is 4.98 Å². The number of pyridine rings is 1. The van der Waals surface area contributed by atoms with Gasteiger partial charge in [0.15, 0.2) is 11.6 Å². The van der Waals surface area contributed by atoms with Crippen LogP contribution < -0.4 is 10.1 Å². The molecule has 3 nitrogen and oxygen atoms in total. The van der Waals surface area contributed by atoms with E-state index in [0.29, 0.717) is 13.2 Å². The summed E-state index contributed by atoms with van der Waals surface area (Å²) in [6.45, 7) is 0.979. The van der Waals surface area contributed by atoms with E-state index in [1.54, 1.807) is 18.5 Å². The van der Waals surface area contributed by atoms with E-state index in [1.807, 2.05) is 25.2 Å². The van der Waals surface area contributed by atoms with E-state index in [2.05, 4.69) is 10.3 Å². The highest BCUT2D eigenvalue weighted by Gasteiger charge is 2.04. The third-order valence-corrected chi connectivity index (χ3v) is 2.52. The Morgan fingerprint density at radius 2 is 1.94 bits per heavy atom. The Morgan fingerprint density at radius 1 is 1.17 bits per heavy atom. The van der Waals surface area contributed by atoms with E-state index in [9.17, 15) is 4.39 Å². The Kier molecular flexibility index (Phi) is 4.25. The number of benzene rings is 1. The molecule has 0 radical (unpaired) electrons. The fourth-order valence-electron chi connectivity index (χ4n) is 1.62. The highest BCUT2D eigenvalue weighted by Crippen LogP contribution is 2.19. The van der Waals surface area contributed by atoms with Gasteiger partial charge in [0.1, 0.15) is 6.61 Å². The molecule has 2 aromatic rings. The van der Waals surface area contributed by atoms with E-state index >= 15 is 0 Å². The Labute approximate surface area is 106 Å². The smallest absolute Gasteiger partial charge is 0.165 e. The average molecular weight is 246 g/mol. The van der Waals surface area contributed by atoms with Gasteiger partial charge in [0.2, 0.25) is 0 Å². The molecule has 4 heteroatoms. The van der Waals surface area contributed by atoms with Gasteiger partial charge in [0, 0.05) is 18.9 Å². The lowest BCUT2D eigenvalue weighted by atomic mass is 10.2. The Balaban J connectivity index is 2.01. The first-order valence-electron chi connectivity index (χ1n) is 5.74. The Hall–Kier alpha value is -1.94. The Bertz CT molecular complexity index is 502.